The van der Waals surface area contributed by atoms with Gasteiger partial charge >= 0.3 is 0 Å². The van der Waals surface area contributed by atoms with Gasteiger partial charge in [0, 0.05) is 0 Å². The first-order valence-electron chi connectivity index (χ1n) is 4.21. The van der Waals surface area contributed by atoms with Gasteiger partial charge in [0.25, 0.3) is 0 Å². The molecule has 2 heteroatoms. The third-order valence-electron chi connectivity index (χ3n) is 0.446. The third kappa shape index (κ3) is 26.4. The Bertz CT molecular complexity index is 93.7. The van der Waals surface area contributed by atoms with E-state index >= 15 is 0 Å². The molecular weight excluding hydrogens is 138 g/mol. The van der Waals surface area contributed by atoms with E-state index in [9.17, 15) is 0 Å². The molecule has 68 valence electrons. The van der Waals surface area contributed by atoms with Crippen LogP contribution in [0, 0.1) is 0 Å². The second-order valence-corrected chi connectivity index (χ2v) is 2.90. The van der Waals surface area contributed by atoms with Crippen molar-refractivity contribution in [2.24, 2.45) is 5.16 Å². The lowest BCUT2D eigenvalue weighted by Crippen LogP contribution is -1.97. The van der Waals surface area contributed by atoms with Gasteiger partial charge in [-0.05, 0) is 27.7 Å². The van der Waals surface area contributed by atoms with Gasteiger partial charge in [0.15, 0.2) is 0 Å². The molecule has 0 aliphatic carbocycles. The number of hydrogen-bond acceptors (Lipinski definition) is 2. The number of hydrogen-bond donors (Lipinski definition) is 0. The fraction of sp³-hybridized carbons (Fsp3) is 0.889. The molecule has 0 bridgehead atoms. The van der Waals surface area contributed by atoms with Gasteiger partial charge in [0.1, 0.15) is 6.10 Å². The second kappa shape index (κ2) is 9.47. The zero-order valence-corrected chi connectivity index (χ0v) is 8.64. The molecule has 0 spiro atoms. The molecule has 0 aromatic heterocycles. The molecule has 2 nitrogen and oxygen atoms in total. The van der Waals surface area contributed by atoms with Crippen LogP contribution in [0.15, 0.2) is 5.16 Å². The Labute approximate surface area is 70.6 Å². The lowest BCUT2D eigenvalue weighted by molar-refractivity contribution is 0.0857. The quantitative estimate of drug-likeness (QED) is 0.448. The van der Waals surface area contributed by atoms with Gasteiger partial charge < -0.3 is 4.84 Å². The Morgan fingerprint density at radius 2 is 1.64 bits per heavy atom. The molecule has 0 radical (unpaired) electrons. The molecule has 11 heavy (non-hydrogen) atoms. The van der Waals surface area contributed by atoms with Crippen molar-refractivity contribution in [3.63, 3.8) is 0 Å². The molecule has 0 amide bonds. The van der Waals surface area contributed by atoms with Crippen molar-refractivity contribution in [3.8, 4) is 0 Å². The van der Waals surface area contributed by atoms with Gasteiger partial charge in [-0.2, -0.15) is 0 Å². The van der Waals surface area contributed by atoms with Gasteiger partial charge in [-0.15, -0.1) is 0 Å². The van der Waals surface area contributed by atoms with E-state index in [0.29, 0.717) is 0 Å². The minimum Gasteiger partial charge on any atom is -0.393 e. The summed E-state index contributed by atoms with van der Waals surface area (Å²) in [6, 6.07) is 0. The largest absolute Gasteiger partial charge is 0.393 e. The van der Waals surface area contributed by atoms with Gasteiger partial charge in [0.2, 0.25) is 0 Å². The molecule has 0 aromatic carbocycles. The molecule has 0 rings (SSSR count). The van der Waals surface area contributed by atoms with Crippen LogP contribution in [0.2, 0.25) is 0 Å². The summed E-state index contributed by atoms with van der Waals surface area (Å²) in [6.45, 7) is 12.0. The molecule has 0 fully saturated rings. The van der Waals surface area contributed by atoms with Crippen LogP contribution < -0.4 is 0 Å². The maximum Gasteiger partial charge on any atom is 0.122 e. The van der Waals surface area contributed by atoms with Crippen molar-refractivity contribution >= 4 is 5.71 Å². The van der Waals surface area contributed by atoms with E-state index in [-0.39, 0.29) is 6.10 Å². The zero-order chi connectivity index (χ0) is 9.28. The molecule has 0 aromatic rings. The van der Waals surface area contributed by atoms with Crippen molar-refractivity contribution in [1.82, 2.24) is 0 Å². The van der Waals surface area contributed by atoms with E-state index in [4.69, 9.17) is 4.84 Å². The summed E-state index contributed by atoms with van der Waals surface area (Å²) in [7, 11) is 0. The van der Waals surface area contributed by atoms with Crippen molar-refractivity contribution in [1.29, 1.82) is 0 Å². The number of oxime groups is 1. The summed E-state index contributed by atoms with van der Waals surface area (Å²) in [4.78, 5) is 4.89. The van der Waals surface area contributed by atoms with E-state index in [1.54, 1.807) is 0 Å². The van der Waals surface area contributed by atoms with Crippen molar-refractivity contribution in [3.05, 3.63) is 0 Å². The van der Waals surface area contributed by atoms with Crippen molar-refractivity contribution < 1.29 is 4.84 Å². The van der Waals surface area contributed by atoms with Crippen LogP contribution >= 0.6 is 0 Å². The molecule has 0 saturated carbocycles. The predicted molar refractivity (Wildman–Crippen MR) is 51.0 cm³/mol. The Morgan fingerprint density at radius 1 is 1.27 bits per heavy atom. The Kier molecular flexibility index (Phi) is 11.3. The average molecular weight is 159 g/mol. The Balaban J connectivity index is 0. The highest BCUT2D eigenvalue weighted by Crippen LogP contribution is 1.87. The van der Waals surface area contributed by atoms with Crippen LogP contribution in [0.1, 0.15) is 48.0 Å². The summed E-state index contributed by atoms with van der Waals surface area (Å²) in [5, 5.41) is 3.74. The monoisotopic (exact) mass is 159 g/mol. The van der Waals surface area contributed by atoms with Gasteiger partial charge in [0.05, 0.1) is 5.71 Å². The smallest absolute Gasteiger partial charge is 0.122 e. The number of nitrogens with zero attached hydrogens (tertiary/aromatic N) is 1. The molecule has 0 N–H and O–H groups in total. The van der Waals surface area contributed by atoms with Crippen LogP contribution in [-0.4, -0.2) is 11.8 Å². The minimum absolute atomic E-state index is 0.199. The first-order chi connectivity index (χ1) is 5.04. The molecule has 0 aliphatic heterocycles. The van der Waals surface area contributed by atoms with Gasteiger partial charge in [-0.25, -0.2) is 0 Å². The van der Waals surface area contributed by atoms with Crippen LogP contribution in [0.5, 0.6) is 0 Å². The maximum atomic E-state index is 4.89. The van der Waals surface area contributed by atoms with Crippen LogP contribution in [0.3, 0.4) is 0 Å². The van der Waals surface area contributed by atoms with E-state index in [1.807, 2.05) is 27.7 Å². The fourth-order valence-electron chi connectivity index (χ4n) is 0.211. The Hall–Kier alpha value is -0.530. The Morgan fingerprint density at radius 3 is 1.73 bits per heavy atom. The highest BCUT2D eigenvalue weighted by Gasteiger charge is 1.86. The van der Waals surface area contributed by atoms with Crippen molar-refractivity contribution in [2.45, 2.75) is 54.1 Å². The summed E-state index contributed by atoms with van der Waals surface area (Å²) in [5.74, 6) is 0. The average Bonchev–Trinajstić information content (AvgIpc) is 1.85. The molecule has 0 saturated heterocycles. The highest BCUT2D eigenvalue weighted by atomic mass is 16.6. The van der Waals surface area contributed by atoms with Gasteiger partial charge in [-0.1, -0.05) is 25.4 Å². The summed E-state index contributed by atoms with van der Waals surface area (Å²) >= 11 is 0. The van der Waals surface area contributed by atoms with Crippen LogP contribution in [0.25, 0.3) is 0 Å². The van der Waals surface area contributed by atoms with Crippen LogP contribution in [0.4, 0.5) is 0 Å². The maximum absolute atomic E-state index is 4.89. The number of rotatable bonds is 2. The molecule has 0 heterocycles. The van der Waals surface area contributed by atoms with Crippen LogP contribution in [-0.2, 0) is 4.84 Å². The van der Waals surface area contributed by atoms with E-state index in [0.717, 1.165) is 5.71 Å². The summed E-state index contributed by atoms with van der Waals surface area (Å²) < 4.78 is 0. The summed E-state index contributed by atoms with van der Waals surface area (Å²) in [5.41, 5.74) is 0.957. The fourth-order valence-corrected chi connectivity index (χ4v) is 0.211. The molecule has 0 atom stereocenters. The van der Waals surface area contributed by atoms with E-state index < -0.39 is 0 Å². The first-order valence-corrected chi connectivity index (χ1v) is 4.21. The first kappa shape index (κ1) is 13.1. The minimum atomic E-state index is 0.199. The topological polar surface area (TPSA) is 21.6 Å². The lowest BCUT2D eigenvalue weighted by atomic mass is 10.5. The predicted octanol–water partition coefficient (Wildman–Crippen LogP) is 3.22. The van der Waals surface area contributed by atoms with Crippen molar-refractivity contribution in [2.75, 3.05) is 0 Å². The van der Waals surface area contributed by atoms with Gasteiger partial charge in [-0.3, -0.25) is 0 Å². The summed E-state index contributed by atoms with van der Waals surface area (Å²) in [6.07, 6.45) is 1.45. The second-order valence-electron chi connectivity index (χ2n) is 2.90. The van der Waals surface area contributed by atoms with E-state index in [1.165, 1.54) is 6.42 Å². The molecule has 0 aliphatic rings. The molecule has 0 unspecified atom stereocenters. The molecular formula is C9H21NO. The third-order valence-corrected chi connectivity index (χ3v) is 0.446. The lowest BCUT2D eigenvalue weighted by Gasteiger charge is -2.00. The standard InChI is InChI=1S/C6H13NO.C3H8/c1-5(2)7-8-6(3)4;1-3-2/h6H,1-4H3;3H2,1-2H3. The van der Waals surface area contributed by atoms with E-state index in [2.05, 4.69) is 19.0 Å². The zero-order valence-electron chi connectivity index (χ0n) is 8.64. The normalized spacial score (nSPS) is 8.27. The SMILES string of the molecule is CC(C)=NOC(C)C.CCC. The highest BCUT2D eigenvalue weighted by molar-refractivity contribution is 5.78.